The second-order valence-electron chi connectivity index (χ2n) is 6.55. The van der Waals surface area contributed by atoms with Crippen LogP contribution in [0, 0.1) is 0 Å². The third-order valence-electron chi connectivity index (χ3n) is 4.92. The Morgan fingerprint density at radius 1 is 0.957 bits per heavy atom. The van der Waals surface area contributed by atoms with Crippen LogP contribution >= 0.6 is 11.8 Å². The van der Waals surface area contributed by atoms with Crippen LogP contribution in [0.15, 0.2) is 47.9 Å². The van der Waals surface area contributed by atoms with Gasteiger partial charge in [-0.2, -0.15) is 0 Å². The van der Waals surface area contributed by atoms with E-state index < -0.39 is 0 Å². The van der Waals surface area contributed by atoms with Crippen molar-refractivity contribution in [2.24, 2.45) is 0 Å². The highest BCUT2D eigenvalue weighted by molar-refractivity contribution is 7.98. The molecule has 112 valence electrons. The average molecular weight is 317 g/mol. The minimum absolute atomic E-state index is 0.0684. The van der Waals surface area contributed by atoms with Gasteiger partial charge in [-0.3, -0.25) is 9.97 Å². The fourth-order valence-electron chi connectivity index (χ4n) is 3.89. The smallest absolute Gasteiger partial charge is 0.123 e. The van der Waals surface area contributed by atoms with Gasteiger partial charge in [0.05, 0.1) is 5.69 Å². The van der Waals surface area contributed by atoms with Crippen molar-refractivity contribution < 1.29 is 0 Å². The first-order chi connectivity index (χ1) is 11.2. The van der Waals surface area contributed by atoms with Crippen LogP contribution in [0.3, 0.4) is 0 Å². The van der Waals surface area contributed by atoms with Crippen molar-refractivity contribution in [1.29, 1.82) is 0 Å². The first-order valence-corrected chi connectivity index (χ1v) is 8.73. The van der Waals surface area contributed by atoms with E-state index >= 15 is 0 Å². The molecule has 0 N–H and O–H groups in total. The minimum atomic E-state index is -0.0684. The van der Waals surface area contributed by atoms with Crippen LogP contribution in [0.2, 0.25) is 0 Å². The lowest BCUT2D eigenvalue weighted by atomic mass is 9.78. The molecule has 0 fully saturated rings. The van der Waals surface area contributed by atoms with E-state index in [9.17, 15) is 0 Å². The van der Waals surface area contributed by atoms with Gasteiger partial charge >= 0.3 is 0 Å². The highest BCUT2D eigenvalue weighted by atomic mass is 32.2. The Hall–Kier alpha value is -2.20. The third kappa shape index (κ3) is 1.64. The van der Waals surface area contributed by atoms with E-state index in [1.165, 1.54) is 27.8 Å². The highest BCUT2D eigenvalue weighted by Gasteiger charge is 2.40. The molecule has 3 aromatic rings. The van der Waals surface area contributed by atoms with E-state index in [1.54, 1.807) is 24.2 Å². The summed E-state index contributed by atoms with van der Waals surface area (Å²) in [4.78, 5) is 13.8. The standard InChI is InChI=1S/C19H15N3S/c1-19(2)13-4-3-7-20-16(13)12-6-5-11-10-23-18-17(14(11)15(12)19)21-8-9-22-18/h3-9H,10H2,1-2H3. The van der Waals surface area contributed by atoms with Crippen molar-refractivity contribution in [3.63, 3.8) is 0 Å². The molecule has 4 heteroatoms. The van der Waals surface area contributed by atoms with Gasteiger partial charge in [0.15, 0.2) is 0 Å². The monoisotopic (exact) mass is 317 g/mol. The SMILES string of the molecule is CC1(C)c2cccnc2-c2ccc3c(c21)-c1nccnc1SC3. The topological polar surface area (TPSA) is 38.7 Å². The molecule has 0 saturated heterocycles. The van der Waals surface area contributed by atoms with Crippen LogP contribution in [0.4, 0.5) is 0 Å². The Kier molecular flexibility index (Phi) is 2.55. The number of hydrogen-bond donors (Lipinski definition) is 0. The molecule has 0 saturated carbocycles. The van der Waals surface area contributed by atoms with E-state index in [-0.39, 0.29) is 5.41 Å². The predicted molar refractivity (Wildman–Crippen MR) is 92.4 cm³/mol. The van der Waals surface area contributed by atoms with Crippen LogP contribution < -0.4 is 0 Å². The van der Waals surface area contributed by atoms with Gasteiger partial charge < -0.3 is 0 Å². The lowest BCUT2D eigenvalue weighted by Crippen LogP contribution is -2.18. The molecule has 1 aliphatic heterocycles. The third-order valence-corrected chi connectivity index (χ3v) is 5.95. The van der Waals surface area contributed by atoms with E-state index in [4.69, 9.17) is 0 Å². The van der Waals surface area contributed by atoms with Gasteiger partial charge in [-0.1, -0.05) is 43.8 Å². The van der Waals surface area contributed by atoms with Crippen LogP contribution in [-0.4, -0.2) is 15.0 Å². The number of hydrogen-bond acceptors (Lipinski definition) is 4. The number of fused-ring (bicyclic) bond motifs is 7. The molecular weight excluding hydrogens is 302 g/mol. The van der Waals surface area contributed by atoms with Gasteiger partial charge in [-0.15, -0.1) is 0 Å². The molecule has 1 aliphatic carbocycles. The molecule has 0 atom stereocenters. The quantitative estimate of drug-likeness (QED) is 0.614. The number of pyridine rings is 1. The van der Waals surface area contributed by atoms with Crippen LogP contribution in [0.1, 0.15) is 30.5 Å². The van der Waals surface area contributed by atoms with Gasteiger partial charge in [0.1, 0.15) is 10.7 Å². The Morgan fingerprint density at radius 2 is 1.78 bits per heavy atom. The Labute approximate surface area is 139 Å². The predicted octanol–water partition coefficient (Wildman–Crippen LogP) is 4.45. The first kappa shape index (κ1) is 13.3. The number of aromatic nitrogens is 3. The zero-order chi connectivity index (χ0) is 15.6. The molecule has 0 bridgehead atoms. The normalized spacial score (nSPS) is 16.3. The maximum atomic E-state index is 4.66. The summed E-state index contributed by atoms with van der Waals surface area (Å²) in [5.74, 6) is 0.953. The van der Waals surface area contributed by atoms with Crippen molar-refractivity contribution >= 4 is 11.8 Å². The van der Waals surface area contributed by atoms with Gasteiger partial charge in [0.2, 0.25) is 0 Å². The zero-order valence-electron chi connectivity index (χ0n) is 13.0. The molecule has 3 nitrogen and oxygen atoms in total. The zero-order valence-corrected chi connectivity index (χ0v) is 13.8. The average Bonchev–Trinajstić information content (AvgIpc) is 2.83. The first-order valence-electron chi connectivity index (χ1n) is 7.74. The van der Waals surface area contributed by atoms with Crippen molar-refractivity contribution in [2.75, 3.05) is 0 Å². The Morgan fingerprint density at radius 3 is 2.70 bits per heavy atom. The number of thioether (sulfide) groups is 1. The summed E-state index contributed by atoms with van der Waals surface area (Å²) in [6.45, 7) is 4.58. The summed E-state index contributed by atoms with van der Waals surface area (Å²) in [6.07, 6.45) is 5.45. The molecule has 2 aliphatic rings. The second-order valence-corrected chi connectivity index (χ2v) is 7.51. The molecule has 5 rings (SSSR count). The summed E-state index contributed by atoms with van der Waals surface area (Å²) >= 11 is 1.77. The van der Waals surface area contributed by atoms with Crippen LogP contribution in [-0.2, 0) is 11.2 Å². The fourth-order valence-corrected chi connectivity index (χ4v) is 4.85. The maximum Gasteiger partial charge on any atom is 0.123 e. The summed E-state index contributed by atoms with van der Waals surface area (Å²) in [7, 11) is 0. The molecule has 0 amide bonds. The van der Waals surface area contributed by atoms with Gasteiger partial charge in [-0.05, 0) is 22.8 Å². The van der Waals surface area contributed by atoms with Crippen molar-refractivity contribution in [3.8, 4) is 22.5 Å². The van der Waals surface area contributed by atoms with Gasteiger partial charge in [0, 0.05) is 40.9 Å². The number of benzene rings is 1. The fraction of sp³-hybridized carbons (Fsp3) is 0.211. The van der Waals surface area contributed by atoms with Crippen molar-refractivity contribution in [1.82, 2.24) is 15.0 Å². The molecule has 0 radical (unpaired) electrons. The van der Waals surface area contributed by atoms with Gasteiger partial charge in [0.25, 0.3) is 0 Å². The summed E-state index contributed by atoms with van der Waals surface area (Å²) < 4.78 is 0. The second kappa shape index (κ2) is 4.42. The van der Waals surface area contributed by atoms with E-state index in [0.29, 0.717) is 0 Å². The molecule has 1 aromatic carbocycles. The summed E-state index contributed by atoms with van der Waals surface area (Å²) in [5, 5.41) is 1.04. The molecule has 23 heavy (non-hydrogen) atoms. The summed E-state index contributed by atoms with van der Waals surface area (Å²) in [6, 6.07) is 8.70. The molecular formula is C19H15N3S. The summed E-state index contributed by atoms with van der Waals surface area (Å²) in [5.41, 5.74) is 8.58. The Bertz CT molecular complexity index is 963. The lowest BCUT2D eigenvalue weighted by molar-refractivity contribution is 0.659. The Balaban J connectivity index is 1.91. The maximum absolute atomic E-state index is 4.66. The minimum Gasteiger partial charge on any atom is -0.256 e. The lowest BCUT2D eigenvalue weighted by Gasteiger charge is -2.27. The van der Waals surface area contributed by atoms with Crippen molar-refractivity contribution in [2.45, 2.75) is 30.0 Å². The molecule has 2 aromatic heterocycles. The van der Waals surface area contributed by atoms with Gasteiger partial charge in [-0.25, -0.2) is 4.98 Å². The highest BCUT2D eigenvalue weighted by Crippen LogP contribution is 2.54. The number of rotatable bonds is 0. The van der Waals surface area contributed by atoms with Crippen LogP contribution in [0.5, 0.6) is 0 Å². The molecule has 0 spiro atoms. The van der Waals surface area contributed by atoms with Crippen molar-refractivity contribution in [3.05, 3.63) is 59.5 Å². The number of nitrogens with zero attached hydrogens (tertiary/aromatic N) is 3. The van der Waals surface area contributed by atoms with E-state index in [2.05, 4.69) is 47.0 Å². The molecule has 0 unspecified atom stereocenters. The van der Waals surface area contributed by atoms with E-state index in [1.807, 2.05) is 12.3 Å². The largest absolute Gasteiger partial charge is 0.256 e. The van der Waals surface area contributed by atoms with E-state index in [0.717, 1.165) is 22.2 Å². The molecule has 3 heterocycles. The van der Waals surface area contributed by atoms with Crippen LogP contribution in [0.25, 0.3) is 22.5 Å².